The minimum Gasteiger partial charge on any atom is -0.368 e. The Hall–Kier alpha value is -1.35. The third kappa shape index (κ3) is 2.07. The number of carbonyl (C=O) groups is 1. The van der Waals surface area contributed by atoms with Gasteiger partial charge in [-0.2, -0.15) is 0 Å². The van der Waals surface area contributed by atoms with Gasteiger partial charge in [0, 0.05) is 6.04 Å². The molecule has 1 aliphatic carbocycles. The lowest BCUT2D eigenvalue weighted by Crippen LogP contribution is -2.65. The highest BCUT2D eigenvalue weighted by Crippen LogP contribution is 2.39. The van der Waals surface area contributed by atoms with Crippen LogP contribution in [0.2, 0.25) is 0 Å². The Bertz CT molecular complexity index is 404. The summed E-state index contributed by atoms with van der Waals surface area (Å²) >= 11 is 0. The monoisotopic (exact) mass is 232 g/mol. The second kappa shape index (κ2) is 4.49. The van der Waals surface area contributed by atoms with Crippen LogP contribution in [0.5, 0.6) is 0 Å². The maximum atomic E-state index is 11.6. The number of nitrogens with one attached hydrogen (secondary N) is 1. The Kier molecular flexibility index (Phi) is 3.20. The molecular formula is C14H20N2O. The van der Waals surface area contributed by atoms with Crippen molar-refractivity contribution in [2.75, 3.05) is 0 Å². The van der Waals surface area contributed by atoms with E-state index in [4.69, 9.17) is 5.73 Å². The molecule has 92 valence electrons. The zero-order chi connectivity index (χ0) is 12.5. The van der Waals surface area contributed by atoms with Gasteiger partial charge in [0.25, 0.3) is 0 Å². The van der Waals surface area contributed by atoms with Crippen LogP contribution in [0, 0.1) is 5.92 Å². The fraction of sp³-hybridized carbons (Fsp3) is 0.500. The molecule has 17 heavy (non-hydrogen) atoms. The van der Waals surface area contributed by atoms with E-state index in [2.05, 4.69) is 31.3 Å². The van der Waals surface area contributed by atoms with Gasteiger partial charge < -0.3 is 5.73 Å². The Morgan fingerprint density at radius 2 is 2.12 bits per heavy atom. The van der Waals surface area contributed by atoms with Gasteiger partial charge in [-0.25, -0.2) is 0 Å². The smallest absolute Gasteiger partial charge is 0.238 e. The Morgan fingerprint density at radius 1 is 1.47 bits per heavy atom. The number of benzene rings is 1. The van der Waals surface area contributed by atoms with Crippen molar-refractivity contribution >= 4 is 5.91 Å². The van der Waals surface area contributed by atoms with Crippen molar-refractivity contribution in [3.05, 3.63) is 35.9 Å². The Balaban J connectivity index is 2.12. The van der Waals surface area contributed by atoms with Gasteiger partial charge in [0.2, 0.25) is 5.91 Å². The van der Waals surface area contributed by atoms with E-state index in [1.165, 1.54) is 5.56 Å². The van der Waals surface area contributed by atoms with Gasteiger partial charge in [-0.05, 0) is 31.2 Å². The van der Waals surface area contributed by atoms with Gasteiger partial charge >= 0.3 is 0 Å². The largest absolute Gasteiger partial charge is 0.368 e. The van der Waals surface area contributed by atoms with Gasteiger partial charge in [0.1, 0.15) is 5.54 Å². The highest BCUT2D eigenvalue weighted by molar-refractivity contribution is 5.86. The highest BCUT2D eigenvalue weighted by atomic mass is 16.1. The minimum atomic E-state index is -0.505. The van der Waals surface area contributed by atoms with Crippen LogP contribution in [0.25, 0.3) is 0 Å². The molecule has 0 spiro atoms. The van der Waals surface area contributed by atoms with Gasteiger partial charge in [0.05, 0.1) is 0 Å². The highest BCUT2D eigenvalue weighted by Gasteiger charge is 2.49. The second-order valence-corrected chi connectivity index (χ2v) is 5.05. The first-order valence-electron chi connectivity index (χ1n) is 6.19. The maximum Gasteiger partial charge on any atom is 0.238 e. The van der Waals surface area contributed by atoms with E-state index in [0.29, 0.717) is 5.92 Å². The minimum absolute atomic E-state index is 0.145. The van der Waals surface area contributed by atoms with E-state index in [1.807, 2.05) is 18.2 Å². The molecule has 0 aliphatic heterocycles. The molecule has 1 fully saturated rings. The lowest BCUT2D eigenvalue weighted by molar-refractivity contribution is -0.131. The van der Waals surface area contributed by atoms with E-state index in [1.54, 1.807) is 0 Å². The lowest BCUT2D eigenvalue weighted by Gasteiger charge is -2.47. The molecule has 0 radical (unpaired) electrons. The molecule has 1 aliphatic rings. The summed E-state index contributed by atoms with van der Waals surface area (Å²) in [5, 5.41) is 3.42. The number of carbonyl (C=O) groups excluding carboxylic acids is 1. The van der Waals surface area contributed by atoms with E-state index in [0.717, 1.165) is 12.8 Å². The summed E-state index contributed by atoms with van der Waals surface area (Å²) in [6.45, 7) is 4.16. The van der Waals surface area contributed by atoms with E-state index in [-0.39, 0.29) is 11.9 Å². The van der Waals surface area contributed by atoms with Crippen LogP contribution in [0.1, 0.15) is 38.3 Å². The molecule has 0 aromatic heterocycles. The van der Waals surface area contributed by atoms with Crippen LogP contribution in [-0.4, -0.2) is 11.4 Å². The Morgan fingerprint density at radius 3 is 2.53 bits per heavy atom. The van der Waals surface area contributed by atoms with Crippen LogP contribution >= 0.6 is 0 Å². The molecule has 0 heterocycles. The summed E-state index contributed by atoms with van der Waals surface area (Å²) in [6.07, 6.45) is 1.91. The van der Waals surface area contributed by atoms with Crippen molar-refractivity contribution < 1.29 is 4.79 Å². The first-order valence-corrected chi connectivity index (χ1v) is 6.19. The molecule has 1 saturated carbocycles. The fourth-order valence-corrected chi connectivity index (χ4v) is 2.58. The third-order valence-electron chi connectivity index (χ3n) is 4.03. The molecule has 0 unspecified atom stereocenters. The third-order valence-corrected chi connectivity index (χ3v) is 4.03. The molecule has 3 heteroatoms. The zero-order valence-corrected chi connectivity index (χ0v) is 10.4. The van der Waals surface area contributed by atoms with Crippen LogP contribution in [0.4, 0.5) is 0 Å². The summed E-state index contributed by atoms with van der Waals surface area (Å²) in [5.74, 6) is 0.102. The average Bonchev–Trinajstić information content (AvgIpc) is 2.34. The summed E-state index contributed by atoms with van der Waals surface area (Å²) in [7, 11) is 0. The number of primary amides is 1. The second-order valence-electron chi connectivity index (χ2n) is 5.05. The molecule has 1 amide bonds. The summed E-state index contributed by atoms with van der Waals surface area (Å²) < 4.78 is 0. The molecule has 3 N–H and O–H groups in total. The van der Waals surface area contributed by atoms with Gasteiger partial charge in [-0.15, -0.1) is 0 Å². The number of amides is 1. The number of nitrogens with two attached hydrogens (primary N) is 1. The molecule has 3 atom stereocenters. The van der Waals surface area contributed by atoms with Crippen LogP contribution in [0.3, 0.4) is 0 Å². The van der Waals surface area contributed by atoms with Crippen LogP contribution in [-0.2, 0) is 4.79 Å². The first kappa shape index (κ1) is 12.1. The van der Waals surface area contributed by atoms with Crippen molar-refractivity contribution in [1.82, 2.24) is 5.32 Å². The van der Waals surface area contributed by atoms with Gasteiger partial charge in [-0.1, -0.05) is 37.3 Å². The van der Waals surface area contributed by atoms with Crippen molar-refractivity contribution in [3.63, 3.8) is 0 Å². The molecular weight excluding hydrogens is 212 g/mol. The molecule has 0 saturated heterocycles. The molecule has 2 rings (SSSR count). The van der Waals surface area contributed by atoms with E-state index < -0.39 is 5.54 Å². The van der Waals surface area contributed by atoms with Crippen molar-refractivity contribution in [2.45, 2.75) is 38.3 Å². The fourth-order valence-electron chi connectivity index (χ4n) is 2.58. The van der Waals surface area contributed by atoms with E-state index in [9.17, 15) is 4.79 Å². The van der Waals surface area contributed by atoms with Crippen molar-refractivity contribution in [3.8, 4) is 0 Å². The topological polar surface area (TPSA) is 55.1 Å². The lowest BCUT2D eigenvalue weighted by atomic mass is 9.66. The van der Waals surface area contributed by atoms with Gasteiger partial charge in [-0.3, -0.25) is 10.1 Å². The maximum absolute atomic E-state index is 11.6. The van der Waals surface area contributed by atoms with Crippen molar-refractivity contribution in [1.29, 1.82) is 0 Å². The summed E-state index contributed by atoms with van der Waals surface area (Å²) in [6, 6.07) is 10.3. The average molecular weight is 232 g/mol. The first-order chi connectivity index (χ1) is 8.06. The standard InChI is InChI=1S/C14H20N2O/c1-10-8-9-14(10,13(15)17)16-11(2)12-6-4-3-5-7-12/h3-7,10-11,16H,8-9H2,1-2H3,(H2,15,17)/t10-,11+,14-/m0/s1. The number of rotatable bonds is 4. The number of hydrogen-bond acceptors (Lipinski definition) is 2. The van der Waals surface area contributed by atoms with Crippen LogP contribution in [0.15, 0.2) is 30.3 Å². The normalized spacial score (nSPS) is 29.4. The summed E-state index contributed by atoms with van der Waals surface area (Å²) in [5.41, 5.74) is 6.23. The zero-order valence-electron chi connectivity index (χ0n) is 10.4. The summed E-state index contributed by atoms with van der Waals surface area (Å²) in [4.78, 5) is 11.6. The molecule has 3 nitrogen and oxygen atoms in total. The molecule has 1 aromatic rings. The Labute approximate surface area is 102 Å². The van der Waals surface area contributed by atoms with Crippen LogP contribution < -0.4 is 11.1 Å². The SMILES string of the molecule is C[C@@H](N[C@@]1(C(N)=O)CC[C@@H]1C)c1ccccc1. The van der Waals surface area contributed by atoms with Crippen molar-refractivity contribution in [2.24, 2.45) is 11.7 Å². The predicted octanol–water partition coefficient (Wildman–Crippen LogP) is 1.99. The predicted molar refractivity (Wildman–Crippen MR) is 68.3 cm³/mol. The van der Waals surface area contributed by atoms with E-state index >= 15 is 0 Å². The number of hydrogen-bond donors (Lipinski definition) is 2. The van der Waals surface area contributed by atoms with Gasteiger partial charge in [0.15, 0.2) is 0 Å². The molecule has 1 aromatic carbocycles. The molecule has 0 bridgehead atoms. The quantitative estimate of drug-likeness (QED) is 0.834.